The molecule has 0 radical (unpaired) electrons. The molecule has 0 saturated carbocycles. The maximum Gasteiger partial charge on any atom is 0.223 e. The summed E-state index contributed by atoms with van der Waals surface area (Å²) in [5.74, 6) is 0.155. The molecular formula is C15H23NO2. The molecule has 3 heteroatoms. The lowest BCUT2D eigenvalue weighted by Gasteiger charge is -2.13. The molecule has 100 valence electrons. The first-order valence-electron chi connectivity index (χ1n) is 6.64. The Kier molecular flexibility index (Phi) is 6.44. The minimum Gasteiger partial charge on any atom is -0.392 e. The smallest absolute Gasteiger partial charge is 0.223 e. The molecule has 2 N–H and O–H groups in total. The number of benzene rings is 1. The van der Waals surface area contributed by atoms with Gasteiger partial charge in [-0.05, 0) is 17.5 Å². The summed E-state index contributed by atoms with van der Waals surface area (Å²) in [6.07, 6.45) is 3.14. The van der Waals surface area contributed by atoms with Crippen molar-refractivity contribution in [3.05, 3.63) is 35.4 Å². The van der Waals surface area contributed by atoms with Gasteiger partial charge in [0.1, 0.15) is 0 Å². The fourth-order valence-corrected chi connectivity index (χ4v) is 1.88. The zero-order chi connectivity index (χ0) is 13.4. The zero-order valence-corrected chi connectivity index (χ0v) is 11.3. The standard InChI is InChI=1S/C15H23NO2/c1-3-4-7-12(2)15(18)16-10-13-8-5-6-9-14(13)11-17/h5-6,8-9,12,17H,3-4,7,10-11H2,1-2H3,(H,16,18)/t12-/m0/s1. The van der Waals surface area contributed by atoms with Crippen molar-refractivity contribution >= 4 is 5.91 Å². The Hall–Kier alpha value is -1.35. The first kappa shape index (κ1) is 14.7. The van der Waals surface area contributed by atoms with Gasteiger partial charge >= 0.3 is 0 Å². The van der Waals surface area contributed by atoms with Crippen LogP contribution in [0.1, 0.15) is 44.2 Å². The molecule has 0 aromatic heterocycles. The predicted molar refractivity (Wildman–Crippen MR) is 72.9 cm³/mol. The van der Waals surface area contributed by atoms with Crippen LogP contribution >= 0.6 is 0 Å². The molecule has 1 rings (SSSR count). The molecule has 1 aromatic rings. The summed E-state index contributed by atoms with van der Waals surface area (Å²) in [6.45, 7) is 4.59. The van der Waals surface area contributed by atoms with E-state index in [0.717, 1.165) is 30.4 Å². The molecular weight excluding hydrogens is 226 g/mol. The monoisotopic (exact) mass is 249 g/mol. The summed E-state index contributed by atoms with van der Waals surface area (Å²) in [4.78, 5) is 11.8. The van der Waals surface area contributed by atoms with Crippen molar-refractivity contribution < 1.29 is 9.90 Å². The molecule has 0 aliphatic heterocycles. The van der Waals surface area contributed by atoms with Gasteiger partial charge in [-0.1, -0.05) is 51.0 Å². The predicted octanol–water partition coefficient (Wildman–Crippen LogP) is 2.62. The Bertz CT molecular complexity index is 377. The van der Waals surface area contributed by atoms with E-state index in [-0.39, 0.29) is 18.4 Å². The van der Waals surface area contributed by atoms with Crippen molar-refractivity contribution in [1.82, 2.24) is 5.32 Å². The lowest BCUT2D eigenvalue weighted by Crippen LogP contribution is -2.29. The van der Waals surface area contributed by atoms with Crippen LogP contribution in [0.4, 0.5) is 0 Å². The Morgan fingerprint density at radius 2 is 2.00 bits per heavy atom. The van der Waals surface area contributed by atoms with Gasteiger partial charge in [-0.15, -0.1) is 0 Å². The van der Waals surface area contributed by atoms with Crippen molar-refractivity contribution in [2.24, 2.45) is 5.92 Å². The second-order valence-corrected chi connectivity index (χ2v) is 4.69. The molecule has 1 aromatic carbocycles. The van der Waals surface area contributed by atoms with Gasteiger partial charge in [0.25, 0.3) is 0 Å². The van der Waals surface area contributed by atoms with Crippen molar-refractivity contribution in [2.45, 2.75) is 46.3 Å². The van der Waals surface area contributed by atoms with E-state index in [1.54, 1.807) is 0 Å². The van der Waals surface area contributed by atoms with E-state index in [1.165, 1.54) is 0 Å². The highest BCUT2D eigenvalue weighted by Crippen LogP contribution is 2.10. The van der Waals surface area contributed by atoms with E-state index in [2.05, 4.69) is 12.2 Å². The van der Waals surface area contributed by atoms with Gasteiger partial charge in [-0.25, -0.2) is 0 Å². The maximum absolute atomic E-state index is 11.8. The summed E-state index contributed by atoms with van der Waals surface area (Å²) < 4.78 is 0. The van der Waals surface area contributed by atoms with Crippen LogP contribution in [-0.4, -0.2) is 11.0 Å². The highest BCUT2D eigenvalue weighted by molar-refractivity contribution is 5.78. The SMILES string of the molecule is CCCC[C@H](C)C(=O)NCc1ccccc1CO. The highest BCUT2D eigenvalue weighted by atomic mass is 16.3. The Balaban J connectivity index is 2.46. The number of nitrogens with one attached hydrogen (secondary N) is 1. The summed E-state index contributed by atoms with van der Waals surface area (Å²) in [6, 6.07) is 7.62. The van der Waals surface area contributed by atoms with Gasteiger partial charge in [0.05, 0.1) is 6.61 Å². The molecule has 1 amide bonds. The average Bonchev–Trinajstić information content (AvgIpc) is 2.42. The molecule has 18 heavy (non-hydrogen) atoms. The highest BCUT2D eigenvalue weighted by Gasteiger charge is 2.12. The van der Waals surface area contributed by atoms with E-state index in [9.17, 15) is 9.90 Å². The van der Waals surface area contributed by atoms with E-state index >= 15 is 0 Å². The Morgan fingerprint density at radius 3 is 2.61 bits per heavy atom. The number of carbonyl (C=O) groups excluding carboxylic acids is 1. The first-order valence-corrected chi connectivity index (χ1v) is 6.64. The third-order valence-electron chi connectivity index (χ3n) is 3.18. The van der Waals surface area contributed by atoms with Crippen molar-refractivity contribution in [3.63, 3.8) is 0 Å². The lowest BCUT2D eigenvalue weighted by molar-refractivity contribution is -0.124. The van der Waals surface area contributed by atoms with E-state index in [1.807, 2.05) is 31.2 Å². The summed E-state index contributed by atoms with van der Waals surface area (Å²) >= 11 is 0. The third kappa shape index (κ3) is 4.49. The maximum atomic E-state index is 11.8. The molecule has 0 unspecified atom stereocenters. The lowest BCUT2D eigenvalue weighted by atomic mass is 10.0. The average molecular weight is 249 g/mol. The molecule has 0 saturated heterocycles. The summed E-state index contributed by atoms with van der Waals surface area (Å²) in [5.41, 5.74) is 1.86. The Morgan fingerprint density at radius 1 is 1.33 bits per heavy atom. The largest absolute Gasteiger partial charge is 0.392 e. The van der Waals surface area contributed by atoms with Crippen molar-refractivity contribution in [1.29, 1.82) is 0 Å². The van der Waals surface area contributed by atoms with Gasteiger partial charge in [0.15, 0.2) is 0 Å². The molecule has 1 atom stereocenters. The summed E-state index contributed by atoms with van der Waals surface area (Å²) in [7, 11) is 0. The minimum absolute atomic E-state index is 0.0113. The van der Waals surface area contributed by atoms with Crippen LogP contribution < -0.4 is 5.32 Å². The number of carbonyl (C=O) groups is 1. The number of amides is 1. The minimum atomic E-state index is 0.0113. The van der Waals surface area contributed by atoms with E-state index in [4.69, 9.17) is 0 Å². The molecule has 0 spiro atoms. The molecule has 0 aliphatic carbocycles. The molecule has 3 nitrogen and oxygen atoms in total. The number of aliphatic hydroxyl groups is 1. The van der Waals surface area contributed by atoms with Crippen LogP contribution in [0.15, 0.2) is 24.3 Å². The zero-order valence-electron chi connectivity index (χ0n) is 11.3. The van der Waals surface area contributed by atoms with Crippen molar-refractivity contribution in [2.75, 3.05) is 0 Å². The number of rotatable bonds is 7. The first-order chi connectivity index (χ1) is 8.69. The second kappa shape index (κ2) is 7.88. The van der Waals surface area contributed by atoms with E-state index in [0.29, 0.717) is 6.54 Å². The van der Waals surface area contributed by atoms with Crippen molar-refractivity contribution in [3.8, 4) is 0 Å². The normalized spacial score (nSPS) is 12.2. The fourth-order valence-electron chi connectivity index (χ4n) is 1.88. The van der Waals surface area contributed by atoms with Gasteiger partial charge in [0, 0.05) is 12.5 Å². The van der Waals surface area contributed by atoms with Crippen LogP contribution in [-0.2, 0) is 17.9 Å². The second-order valence-electron chi connectivity index (χ2n) is 4.69. The fraction of sp³-hybridized carbons (Fsp3) is 0.533. The van der Waals surface area contributed by atoms with Crippen LogP contribution in [0.3, 0.4) is 0 Å². The van der Waals surface area contributed by atoms with Gasteiger partial charge in [0.2, 0.25) is 5.91 Å². The Labute approximate surface area is 109 Å². The number of aliphatic hydroxyl groups excluding tert-OH is 1. The van der Waals surface area contributed by atoms with Crippen LogP contribution in [0.2, 0.25) is 0 Å². The molecule has 0 heterocycles. The molecule has 0 bridgehead atoms. The molecule has 0 fully saturated rings. The topological polar surface area (TPSA) is 49.3 Å². The van der Waals surface area contributed by atoms with Crippen LogP contribution in [0.5, 0.6) is 0 Å². The van der Waals surface area contributed by atoms with E-state index < -0.39 is 0 Å². The van der Waals surface area contributed by atoms with Gasteiger partial charge < -0.3 is 10.4 Å². The number of hydrogen-bond donors (Lipinski definition) is 2. The van der Waals surface area contributed by atoms with Crippen LogP contribution in [0, 0.1) is 5.92 Å². The third-order valence-corrected chi connectivity index (χ3v) is 3.18. The number of unbranched alkanes of at least 4 members (excludes halogenated alkanes) is 1. The summed E-state index contributed by atoms with van der Waals surface area (Å²) in [5, 5.41) is 12.1. The van der Waals surface area contributed by atoms with Gasteiger partial charge in [-0.2, -0.15) is 0 Å². The number of hydrogen-bond acceptors (Lipinski definition) is 2. The van der Waals surface area contributed by atoms with Gasteiger partial charge in [-0.3, -0.25) is 4.79 Å². The molecule has 0 aliphatic rings. The quantitative estimate of drug-likeness (QED) is 0.780. The van der Waals surface area contributed by atoms with Crippen LogP contribution in [0.25, 0.3) is 0 Å².